The van der Waals surface area contributed by atoms with Crippen molar-refractivity contribution in [2.45, 2.75) is 11.4 Å². The van der Waals surface area contributed by atoms with Gasteiger partial charge in [0.2, 0.25) is 0 Å². The Bertz CT molecular complexity index is 488. The molecule has 0 aliphatic carbocycles. The molecule has 0 saturated heterocycles. The average Bonchev–Trinajstić information content (AvgIpc) is 2.71. The second-order valence-corrected chi connectivity index (χ2v) is 4.78. The normalized spacial score (nSPS) is 10.8. The number of nitrogens with one attached hydrogen (secondary N) is 1. The molecular weight excluding hydrogens is 230 g/mol. The molecule has 1 aromatic carbocycles. The standard InChI is InChI=1S/C13H17N3S/c1-14-9-11-8-13(16(2)15-11)10-4-6-12(17-3)7-5-10/h4-8,14H,9H2,1-3H3. The van der Waals surface area contributed by atoms with Gasteiger partial charge in [-0.1, -0.05) is 12.1 Å². The summed E-state index contributed by atoms with van der Waals surface area (Å²) in [6.07, 6.45) is 2.09. The van der Waals surface area contributed by atoms with Crippen molar-refractivity contribution < 1.29 is 0 Å². The van der Waals surface area contributed by atoms with E-state index < -0.39 is 0 Å². The molecule has 17 heavy (non-hydrogen) atoms. The smallest absolute Gasteiger partial charge is 0.0768 e. The lowest BCUT2D eigenvalue weighted by atomic mass is 10.1. The van der Waals surface area contributed by atoms with E-state index in [2.05, 4.69) is 47.0 Å². The van der Waals surface area contributed by atoms with Gasteiger partial charge in [-0.15, -0.1) is 11.8 Å². The van der Waals surface area contributed by atoms with Gasteiger partial charge in [-0.25, -0.2) is 0 Å². The Hall–Kier alpha value is -1.26. The number of hydrogen-bond donors (Lipinski definition) is 1. The first-order chi connectivity index (χ1) is 8.24. The van der Waals surface area contributed by atoms with E-state index in [1.807, 2.05) is 18.8 Å². The third-order valence-electron chi connectivity index (χ3n) is 2.67. The van der Waals surface area contributed by atoms with Gasteiger partial charge in [0.15, 0.2) is 0 Å². The van der Waals surface area contributed by atoms with E-state index >= 15 is 0 Å². The van der Waals surface area contributed by atoms with Gasteiger partial charge in [0.1, 0.15) is 0 Å². The summed E-state index contributed by atoms with van der Waals surface area (Å²) in [5.41, 5.74) is 3.43. The highest BCUT2D eigenvalue weighted by Gasteiger charge is 2.06. The van der Waals surface area contributed by atoms with Crippen molar-refractivity contribution in [1.29, 1.82) is 0 Å². The molecule has 0 unspecified atom stereocenters. The largest absolute Gasteiger partial charge is 0.314 e. The molecule has 1 heterocycles. The van der Waals surface area contributed by atoms with E-state index in [0.29, 0.717) is 0 Å². The Labute approximate surface area is 106 Å². The first-order valence-corrected chi connectivity index (χ1v) is 6.79. The number of thioether (sulfide) groups is 1. The number of nitrogens with zero attached hydrogens (tertiary/aromatic N) is 2. The summed E-state index contributed by atoms with van der Waals surface area (Å²) in [5.74, 6) is 0. The molecule has 0 aliphatic heterocycles. The second-order valence-electron chi connectivity index (χ2n) is 3.90. The summed E-state index contributed by atoms with van der Waals surface area (Å²) < 4.78 is 1.93. The third-order valence-corrected chi connectivity index (χ3v) is 3.42. The van der Waals surface area contributed by atoms with Gasteiger partial charge in [0.25, 0.3) is 0 Å². The molecule has 0 radical (unpaired) electrons. The van der Waals surface area contributed by atoms with Gasteiger partial charge < -0.3 is 5.32 Å². The number of rotatable bonds is 4. The van der Waals surface area contributed by atoms with E-state index in [1.54, 1.807) is 11.8 Å². The molecule has 2 rings (SSSR count). The highest BCUT2D eigenvalue weighted by molar-refractivity contribution is 7.98. The monoisotopic (exact) mass is 247 g/mol. The molecule has 90 valence electrons. The fraction of sp³-hybridized carbons (Fsp3) is 0.308. The molecule has 0 saturated carbocycles. The zero-order chi connectivity index (χ0) is 12.3. The van der Waals surface area contributed by atoms with Crippen LogP contribution in [0.2, 0.25) is 0 Å². The molecule has 0 aliphatic rings. The first-order valence-electron chi connectivity index (χ1n) is 5.56. The van der Waals surface area contributed by atoms with Crippen LogP contribution in [-0.4, -0.2) is 23.1 Å². The van der Waals surface area contributed by atoms with Crippen LogP contribution in [0.5, 0.6) is 0 Å². The zero-order valence-electron chi connectivity index (χ0n) is 10.4. The van der Waals surface area contributed by atoms with Crippen molar-refractivity contribution in [2.24, 2.45) is 7.05 Å². The van der Waals surface area contributed by atoms with Crippen LogP contribution >= 0.6 is 11.8 Å². The van der Waals surface area contributed by atoms with Gasteiger partial charge in [-0.3, -0.25) is 4.68 Å². The van der Waals surface area contributed by atoms with E-state index in [9.17, 15) is 0 Å². The van der Waals surface area contributed by atoms with Crippen LogP contribution in [-0.2, 0) is 13.6 Å². The van der Waals surface area contributed by atoms with Crippen LogP contribution in [0.1, 0.15) is 5.69 Å². The molecule has 3 nitrogen and oxygen atoms in total. The SMILES string of the molecule is CNCc1cc(-c2ccc(SC)cc2)n(C)n1. The molecule has 2 aromatic rings. The summed E-state index contributed by atoms with van der Waals surface area (Å²) in [6, 6.07) is 10.7. The predicted octanol–water partition coefficient (Wildman–Crippen LogP) is 2.53. The topological polar surface area (TPSA) is 29.9 Å². The number of benzene rings is 1. The molecule has 0 spiro atoms. The second kappa shape index (κ2) is 5.38. The Kier molecular flexibility index (Phi) is 3.86. The zero-order valence-corrected chi connectivity index (χ0v) is 11.2. The maximum Gasteiger partial charge on any atom is 0.0768 e. The lowest BCUT2D eigenvalue weighted by Gasteiger charge is -2.02. The minimum atomic E-state index is 0.802. The number of hydrogen-bond acceptors (Lipinski definition) is 3. The fourth-order valence-electron chi connectivity index (χ4n) is 1.83. The maximum atomic E-state index is 4.47. The Morgan fingerprint density at radius 1 is 1.29 bits per heavy atom. The maximum absolute atomic E-state index is 4.47. The van der Waals surface area contributed by atoms with Crippen molar-refractivity contribution in [2.75, 3.05) is 13.3 Å². The quantitative estimate of drug-likeness (QED) is 0.842. The molecular formula is C13H17N3S. The molecule has 4 heteroatoms. The van der Waals surface area contributed by atoms with E-state index in [-0.39, 0.29) is 0 Å². The lowest BCUT2D eigenvalue weighted by molar-refractivity contribution is 0.716. The highest BCUT2D eigenvalue weighted by atomic mass is 32.2. The van der Waals surface area contributed by atoms with Crippen LogP contribution in [0.4, 0.5) is 0 Å². The van der Waals surface area contributed by atoms with Crippen LogP contribution in [0, 0.1) is 0 Å². The van der Waals surface area contributed by atoms with Crippen molar-refractivity contribution in [3.63, 3.8) is 0 Å². The van der Waals surface area contributed by atoms with Crippen molar-refractivity contribution in [3.8, 4) is 11.3 Å². The summed E-state index contributed by atoms with van der Waals surface area (Å²) in [6.45, 7) is 0.802. The molecule has 0 amide bonds. The summed E-state index contributed by atoms with van der Waals surface area (Å²) in [5, 5.41) is 7.58. The van der Waals surface area contributed by atoms with E-state index in [1.165, 1.54) is 10.5 Å². The van der Waals surface area contributed by atoms with Crippen molar-refractivity contribution in [1.82, 2.24) is 15.1 Å². The summed E-state index contributed by atoms with van der Waals surface area (Å²) >= 11 is 1.76. The third kappa shape index (κ3) is 2.70. The van der Waals surface area contributed by atoms with Crippen LogP contribution in [0.15, 0.2) is 35.2 Å². The molecule has 0 atom stereocenters. The van der Waals surface area contributed by atoms with Gasteiger partial charge in [-0.2, -0.15) is 5.10 Å². The Morgan fingerprint density at radius 3 is 2.59 bits per heavy atom. The van der Waals surface area contributed by atoms with Crippen LogP contribution in [0.25, 0.3) is 11.3 Å². The van der Waals surface area contributed by atoms with Crippen LogP contribution < -0.4 is 5.32 Å². The minimum absolute atomic E-state index is 0.802. The van der Waals surface area contributed by atoms with Gasteiger partial charge in [-0.05, 0) is 37.1 Å². The summed E-state index contributed by atoms with van der Waals surface area (Å²) in [4.78, 5) is 1.28. The molecule has 0 fully saturated rings. The fourth-order valence-corrected chi connectivity index (χ4v) is 2.23. The van der Waals surface area contributed by atoms with Crippen LogP contribution in [0.3, 0.4) is 0 Å². The summed E-state index contributed by atoms with van der Waals surface area (Å²) in [7, 11) is 3.92. The molecule has 1 aromatic heterocycles. The van der Waals surface area contributed by atoms with Crippen molar-refractivity contribution in [3.05, 3.63) is 36.0 Å². The van der Waals surface area contributed by atoms with Gasteiger partial charge >= 0.3 is 0 Å². The highest BCUT2D eigenvalue weighted by Crippen LogP contribution is 2.23. The molecule has 1 N–H and O–H groups in total. The Balaban J connectivity index is 2.31. The first kappa shape index (κ1) is 12.2. The average molecular weight is 247 g/mol. The van der Waals surface area contributed by atoms with Gasteiger partial charge in [0, 0.05) is 18.5 Å². The molecule has 0 bridgehead atoms. The van der Waals surface area contributed by atoms with Crippen molar-refractivity contribution >= 4 is 11.8 Å². The number of aryl methyl sites for hydroxylation is 1. The Morgan fingerprint density at radius 2 is 2.00 bits per heavy atom. The number of aromatic nitrogens is 2. The van der Waals surface area contributed by atoms with E-state index in [0.717, 1.165) is 17.9 Å². The lowest BCUT2D eigenvalue weighted by Crippen LogP contribution is -2.05. The minimum Gasteiger partial charge on any atom is -0.314 e. The van der Waals surface area contributed by atoms with E-state index in [4.69, 9.17) is 0 Å². The predicted molar refractivity (Wildman–Crippen MR) is 73.2 cm³/mol. The van der Waals surface area contributed by atoms with Gasteiger partial charge in [0.05, 0.1) is 11.4 Å².